The molecule has 1 heterocycles. The van der Waals surface area contributed by atoms with Crippen molar-refractivity contribution in [2.24, 2.45) is 11.5 Å². The molecule has 6 N–H and O–H groups in total. The quantitative estimate of drug-likeness (QED) is 0.346. The maximum Gasteiger partial charge on any atom is 0.169 e. The summed E-state index contributed by atoms with van der Waals surface area (Å²) in [5.74, 6) is 0.394. The van der Waals surface area contributed by atoms with E-state index in [0.717, 1.165) is 5.56 Å². The van der Waals surface area contributed by atoms with Crippen LogP contribution in [0.2, 0.25) is 5.02 Å². The molecule has 144 valence electrons. The number of halogens is 4. The van der Waals surface area contributed by atoms with Gasteiger partial charge in [-0.2, -0.15) is 0 Å². The molecule has 0 fully saturated rings. The van der Waals surface area contributed by atoms with E-state index in [2.05, 4.69) is 5.16 Å². The van der Waals surface area contributed by atoms with E-state index >= 15 is 0 Å². The fourth-order valence-electron chi connectivity index (χ4n) is 2.27. The molecule has 3 rings (SSSR count). The molecule has 0 atom stereocenters. The molecule has 0 spiro atoms. The Kier molecular flexibility index (Phi) is 9.33. The van der Waals surface area contributed by atoms with E-state index < -0.39 is 0 Å². The van der Waals surface area contributed by atoms with Gasteiger partial charge in [-0.1, -0.05) is 35.0 Å². The second-order valence-corrected chi connectivity index (χ2v) is 5.59. The number of nitrogens with zero attached hydrogens (tertiary/aromatic N) is 1. The lowest BCUT2D eigenvalue weighted by atomic mass is 10.0. The summed E-state index contributed by atoms with van der Waals surface area (Å²) in [5.41, 5.74) is 14.2. The van der Waals surface area contributed by atoms with Gasteiger partial charge in [-0.3, -0.25) is 10.8 Å². The first-order chi connectivity index (χ1) is 11.5. The smallest absolute Gasteiger partial charge is 0.169 e. The van der Waals surface area contributed by atoms with Gasteiger partial charge >= 0.3 is 0 Å². The summed E-state index contributed by atoms with van der Waals surface area (Å²) in [6, 6.07) is 13.9. The van der Waals surface area contributed by atoms with Crippen molar-refractivity contribution in [3.8, 4) is 22.6 Å². The minimum atomic E-state index is -0.0539. The lowest BCUT2D eigenvalue weighted by Crippen LogP contribution is -2.10. The maximum atomic E-state index is 7.53. The summed E-state index contributed by atoms with van der Waals surface area (Å²) < 4.78 is 5.39. The van der Waals surface area contributed by atoms with Gasteiger partial charge in [0.15, 0.2) is 5.76 Å². The van der Waals surface area contributed by atoms with E-state index in [-0.39, 0.29) is 48.9 Å². The van der Waals surface area contributed by atoms with Gasteiger partial charge in [-0.15, -0.1) is 37.2 Å². The summed E-state index contributed by atoms with van der Waals surface area (Å²) in [5, 5.41) is 19.6. The highest BCUT2D eigenvalue weighted by atomic mass is 35.5. The number of aromatic nitrogens is 1. The Balaban J connectivity index is 0.00000225. The third-order valence-corrected chi connectivity index (χ3v) is 3.85. The average molecular weight is 449 g/mol. The number of nitrogens with one attached hydrogen (secondary N) is 2. The highest BCUT2D eigenvalue weighted by molar-refractivity contribution is 6.33. The third-order valence-electron chi connectivity index (χ3n) is 3.52. The number of hydrogen-bond acceptors (Lipinski definition) is 4. The second kappa shape index (κ2) is 10.2. The van der Waals surface area contributed by atoms with E-state index in [9.17, 15) is 0 Å². The van der Waals surface area contributed by atoms with E-state index in [1.54, 1.807) is 42.5 Å². The van der Waals surface area contributed by atoms with Crippen LogP contribution in [0.3, 0.4) is 0 Å². The predicted molar refractivity (Wildman–Crippen MR) is 116 cm³/mol. The molecule has 3 aromatic rings. The molecule has 0 amide bonds. The fourth-order valence-corrected chi connectivity index (χ4v) is 2.48. The van der Waals surface area contributed by atoms with Crippen molar-refractivity contribution in [1.82, 2.24) is 5.16 Å². The summed E-state index contributed by atoms with van der Waals surface area (Å²) in [4.78, 5) is 0. The zero-order valence-electron chi connectivity index (χ0n) is 13.7. The van der Waals surface area contributed by atoms with Gasteiger partial charge < -0.3 is 16.0 Å². The van der Waals surface area contributed by atoms with Crippen molar-refractivity contribution in [2.45, 2.75) is 0 Å². The van der Waals surface area contributed by atoms with Crippen LogP contribution in [0, 0.1) is 10.8 Å². The van der Waals surface area contributed by atoms with Gasteiger partial charge in [-0.25, -0.2) is 0 Å². The van der Waals surface area contributed by atoms with E-state index in [0.29, 0.717) is 33.2 Å². The van der Waals surface area contributed by atoms with Crippen LogP contribution in [0.1, 0.15) is 11.1 Å². The Morgan fingerprint density at radius 3 is 2.15 bits per heavy atom. The number of rotatable bonds is 4. The normalized spacial score (nSPS) is 9.37. The van der Waals surface area contributed by atoms with Crippen LogP contribution in [-0.2, 0) is 0 Å². The Morgan fingerprint density at radius 2 is 1.52 bits per heavy atom. The van der Waals surface area contributed by atoms with E-state index in [1.165, 1.54) is 0 Å². The van der Waals surface area contributed by atoms with Gasteiger partial charge in [0.25, 0.3) is 0 Å². The van der Waals surface area contributed by atoms with Gasteiger partial charge in [0, 0.05) is 28.3 Å². The minimum Gasteiger partial charge on any atom is -0.384 e. The number of amidine groups is 2. The zero-order chi connectivity index (χ0) is 17.3. The topological polar surface area (TPSA) is 126 Å². The molecule has 0 aliphatic heterocycles. The Morgan fingerprint density at radius 1 is 0.889 bits per heavy atom. The van der Waals surface area contributed by atoms with E-state index in [4.69, 9.17) is 38.4 Å². The molecule has 1 aromatic heterocycles. The van der Waals surface area contributed by atoms with Crippen LogP contribution in [0.5, 0.6) is 0 Å². The molecule has 27 heavy (non-hydrogen) atoms. The molecule has 2 aromatic carbocycles. The Hall–Kier alpha value is -2.25. The molecule has 0 aliphatic carbocycles. The first-order valence-corrected chi connectivity index (χ1v) is 7.39. The van der Waals surface area contributed by atoms with Crippen LogP contribution in [0.4, 0.5) is 0 Å². The van der Waals surface area contributed by atoms with Crippen LogP contribution >= 0.6 is 48.8 Å². The summed E-state index contributed by atoms with van der Waals surface area (Å²) in [7, 11) is 0. The average Bonchev–Trinajstić information content (AvgIpc) is 3.05. The van der Waals surface area contributed by atoms with Crippen LogP contribution in [0.25, 0.3) is 22.6 Å². The number of nitrogen functional groups attached to an aromatic ring is 2. The molecule has 0 bridgehead atoms. The highest BCUT2D eigenvalue weighted by Gasteiger charge is 2.13. The SMILES string of the molecule is Cl.Cl.Cl.N=C(N)c1cccc(-c2cc(-c3cc(C(=N)N)ccc3Cl)on2)c1. The molecule has 0 unspecified atom stereocenters. The van der Waals surface area contributed by atoms with Gasteiger partial charge in [-0.05, 0) is 24.3 Å². The standard InChI is InChI=1S/C17H14ClN5O.3ClH/c18-13-5-4-11(17(21)22)7-12(13)15-8-14(23-24-15)9-2-1-3-10(6-9)16(19)20;;;/h1-8H,(H3,19,20)(H3,21,22);3*1H. The van der Waals surface area contributed by atoms with Crippen molar-refractivity contribution in [2.75, 3.05) is 0 Å². The molecule has 0 radical (unpaired) electrons. The first kappa shape index (κ1) is 24.8. The van der Waals surface area contributed by atoms with Gasteiger partial charge in [0.1, 0.15) is 17.4 Å². The lowest BCUT2D eigenvalue weighted by Gasteiger charge is -2.03. The van der Waals surface area contributed by atoms with Crippen molar-refractivity contribution < 1.29 is 4.52 Å². The maximum absolute atomic E-state index is 7.53. The highest BCUT2D eigenvalue weighted by Crippen LogP contribution is 2.32. The zero-order valence-corrected chi connectivity index (χ0v) is 16.9. The fraction of sp³-hybridized carbons (Fsp3) is 0. The summed E-state index contributed by atoms with van der Waals surface area (Å²) >= 11 is 6.21. The summed E-state index contributed by atoms with van der Waals surface area (Å²) in [6.45, 7) is 0. The van der Waals surface area contributed by atoms with Crippen molar-refractivity contribution in [3.05, 3.63) is 64.7 Å². The number of nitrogens with two attached hydrogens (primary N) is 2. The minimum absolute atomic E-state index is 0. The molecule has 0 saturated heterocycles. The van der Waals surface area contributed by atoms with Crippen LogP contribution < -0.4 is 11.5 Å². The second-order valence-electron chi connectivity index (χ2n) is 5.18. The van der Waals surface area contributed by atoms with Gasteiger partial charge in [0.2, 0.25) is 0 Å². The van der Waals surface area contributed by atoms with Crippen molar-refractivity contribution >= 4 is 60.5 Å². The van der Waals surface area contributed by atoms with Crippen molar-refractivity contribution in [3.63, 3.8) is 0 Å². The molecule has 0 saturated carbocycles. The van der Waals surface area contributed by atoms with Gasteiger partial charge in [0.05, 0.1) is 5.02 Å². The monoisotopic (exact) mass is 447 g/mol. The van der Waals surface area contributed by atoms with E-state index in [1.807, 2.05) is 6.07 Å². The Bertz CT molecular complexity index is 958. The summed E-state index contributed by atoms with van der Waals surface area (Å²) in [6.07, 6.45) is 0. The molecular formula is C17H17Cl4N5O. The van der Waals surface area contributed by atoms with Crippen molar-refractivity contribution in [1.29, 1.82) is 10.8 Å². The third kappa shape index (κ3) is 5.37. The van der Waals surface area contributed by atoms with Crippen LogP contribution in [0.15, 0.2) is 53.1 Å². The number of benzene rings is 2. The molecule has 6 nitrogen and oxygen atoms in total. The van der Waals surface area contributed by atoms with Crippen LogP contribution in [-0.4, -0.2) is 16.8 Å². The molecule has 10 heteroatoms. The Labute approximate surface area is 179 Å². The molecular weight excluding hydrogens is 432 g/mol. The lowest BCUT2D eigenvalue weighted by molar-refractivity contribution is 0.435. The largest absolute Gasteiger partial charge is 0.384 e. The predicted octanol–water partition coefficient (Wildman–Crippen LogP) is 4.50. The number of hydrogen-bond donors (Lipinski definition) is 4. The first-order valence-electron chi connectivity index (χ1n) is 7.01. The molecule has 0 aliphatic rings.